The summed E-state index contributed by atoms with van der Waals surface area (Å²) in [7, 11) is 0. The van der Waals surface area contributed by atoms with E-state index in [1.165, 1.54) is 12.3 Å². The normalized spacial score (nSPS) is 26.6. The Morgan fingerprint density at radius 2 is 2.03 bits per heavy atom. The molecular formula is C24H29ClFN5O4. The van der Waals surface area contributed by atoms with Gasteiger partial charge >= 0.3 is 0 Å². The van der Waals surface area contributed by atoms with Gasteiger partial charge in [0.1, 0.15) is 23.0 Å². The van der Waals surface area contributed by atoms with Gasteiger partial charge in [0.2, 0.25) is 5.95 Å². The number of halogens is 2. The highest BCUT2D eigenvalue weighted by molar-refractivity contribution is 6.33. The quantitative estimate of drug-likeness (QED) is 0.481. The van der Waals surface area contributed by atoms with Crippen LogP contribution >= 0.6 is 11.6 Å². The van der Waals surface area contributed by atoms with E-state index in [9.17, 15) is 10.2 Å². The summed E-state index contributed by atoms with van der Waals surface area (Å²) in [5, 5.41) is 24.7. The Morgan fingerprint density at radius 1 is 1.29 bits per heavy atom. The number of hydrogen-bond donors (Lipinski definition) is 3. The molecule has 1 unspecified atom stereocenters. The van der Waals surface area contributed by atoms with Crippen LogP contribution < -0.4 is 5.32 Å². The first-order chi connectivity index (χ1) is 16.5. The van der Waals surface area contributed by atoms with E-state index >= 15 is 4.39 Å². The molecule has 0 radical (unpaired) electrons. The zero-order valence-corrected chi connectivity index (χ0v) is 20.9. The van der Waals surface area contributed by atoms with E-state index in [4.69, 9.17) is 21.1 Å². The molecule has 2 fully saturated rings. The van der Waals surface area contributed by atoms with E-state index in [1.54, 1.807) is 19.9 Å². The third-order valence-electron chi connectivity index (χ3n) is 6.66. The number of fused-ring (bicyclic) bond motifs is 3. The molecule has 11 heteroatoms. The van der Waals surface area contributed by atoms with Crippen LogP contribution in [0, 0.1) is 11.7 Å². The number of aliphatic hydroxyl groups is 2. The predicted molar refractivity (Wildman–Crippen MR) is 129 cm³/mol. The van der Waals surface area contributed by atoms with Gasteiger partial charge in [0, 0.05) is 17.5 Å². The molecule has 2 aliphatic rings. The van der Waals surface area contributed by atoms with Crippen molar-refractivity contribution < 1.29 is 24.1 Å². The number of nitrogens with zero attached hydrogens (tertiary/aromatic N) is 4. The number of rotatable bonds is 5. The predicted octanol–water partition coefficient (Wildman–Crippen LogP) is 3.63. The van der Waals surface area contributed by atoms with Gasteiger partial charge in [-0.15, -0.1) is 0 Å². The number of aliphatic hydroxyl groups excluding tert-OH is 1. The summed E-state index contributed by atoms with van der Waals surface area (Å²) in [6.07, 6.45) is -0.290. The molecule has 0 saturated carbocycles. The van der Waals surface area contributed by atoms with Crippen molar-refractivity contribution in [3.05, 3.63) is 35.0 Å². The number of nitrogens with one attached hydrogen (secondary N) is 1. The molecular weight excluding hydrogens is 477 g/mol. The van der Waals surface area contributed by atoms with Crippen molar-refractivity contribution >= 4 is 28.6 Å². The van der Waals surface area contributed by atoms with Gasteiger partial charge in [-0.25, -0.2) is 19.3 Å². The summed E-state index contributed by atoms with van der Waals surface area (Å²) >= 11 is 6.44. The van der Waals surface area contributed by atoms with Crippen molar-refractivity contribution in [2.75, 3.05) is 11.9 Å². The summed E-state index contributed by atoms with van der Waals surface area (Å²) < 4.78 is 28.2. The topological polar surface area (TPSA) is 115 Å². The van der Waals surface area contributed by atoms with Crippen LogP contribution in [0.5, 0.6) is 0 Å². The van der Waals surface area contributed by atoms with Gasteiger partial charge in [-0.05, 0) is 39.8 Å². The molecule has 2 bridgehead atoms. The number of hydrogen-bond acceptors (Lipinski definition) is 8. The molecule has 3 aromatic rings. The largest absolute Gasteiger partial charge is 0.386 e. The molecule has 4 heterocycles. The van der Waals surface area contributed by atoms with Crippen LogP contribution in [0.25, 0.3) is 22.3 Å². The minimum atomic E-state index is -1.26. The van der Waals surface area contributed by atoms with Crippen molar-refractivity contribution in [1.29, 1.82) is 0 Å². The Bertz CT molecular complexity index is 1260. The minimum absolute atomic E-state index is 0.0547. The maximum Gasteiger partial charge on any atom is 0.223 e. The zero-order chi connectivity index (χ0) is 25.2. The SMILES string of the molecule is CC(C)n1c(C(C)(C)O)nc2c(F)cc(-c3nc(NC4[C@H](C)[C@H]5CO[C@H](O5)[C@H]4O)ncc3Cl)cc21. The highest BCUT2D eigenvalue weighted by Crippen LogP contribution is 2.36. The van der Waals surface area contributed by atoms with Crippen molar-refractivity contribution in [3.8, 4) is 11.3 Å². The van der Waals surface area contributed by atoms with Crippen molar-refractivity contribution in [2.24, 2.45) is 5.92 Å². The number of anilines is 1. The van der Waals surface area contributed by atoms with Gasteiger partial charge in [-0.1, -0.05) is 18.5 Å². The molecule has 0 aliphatic carbocycles. The first kappa shape index (κ1) is 24.3. The molecule has 0 amide bonds. The summed E-state index contributed by atoms with van der Waals surface area (Å²) in [6, 6.07) is 2.61. The molecule has 2 aromatic heterocycles. The molecule has 5 atom stereocenters. The standard InChI is InChI=1S/C24H29ClFN5O4/c1-10(2)31-15-7-12(6-14(26)19(15)28-22(31)24(4,5)33)18-13(25)8-27-23(30-18)29-17-11(3)16-9-34-21(35-16)20(17)32/h6-8,10-11,16-17,20-21,32-33H,9H2,1-5H3,(H,27,29,30)/t11-,16-,17?,20+,21-/m1/s1. The Labute approximate surface area is 207 Å². The minimum Gasteiger partial charge on any atom is -0.386 e. The number of ether oxygens (including phenoxy) is 2. The molecule has 2 saturated heterocycles. The molecule has 5 rings (SSSR count). The van der Waals surface area contributed by atoms with Gasteiger partial charge in [0.05, 0.1) is 41.2 Å². The highest BCUT2D eigenvalue weighted by Gasteiger charge is 2.48. The second-order valence-electron chi connectivity index (χ2n) is 10.1. The lowest BCUT2D eigenvalue weighted by atomic mass is 9.90. The Balaban J connectivity index is 1.56. The van der Waals surface area contributed by atoms with Crippen LogP contribution in [0.4, 0.5) is 10.3 Å². The van der Waals surface area contributed by atoms with Gasteiger partial charge in [-0.2, -0.15) is 0 Å². The van der Waals surface area contributed by atoms with Crippen molar-refractivity contribution in [1.82, 2.24) is 19.5 Å². The first-order valence-corrected chi connectivity index (χ1v) is 12.0. The van der Waals surface area contributed by atoms with Gasteiger partial charge in [0.15, 0.2) is 12.1 Å². The van der Waals surface area contributed by atoms with Crippen LogP contribution in [0.3, 0.4) is 0 Å². The van der Waals surface area contributed by atoms with Crippen molar-refractivity contribution in [2.45, 2.75) is 70.8 Å². The average molecular weight is 506 g/mol. The van der Waals surface area contributed by atoms with E-state index < -0.39 is 29.9 Å². The lowest BCUT2D eigenvalue weighted by Crippen LogP contribution is -2.53. The van der Waals surface area contributed by atoms with Crippen LogP contribution in [0.1, 0.15) is 46.5 Å². The molecule has 9 nitrogen and oxygen atoms in total. The maximum atomic E-state index is 15.3. The van der Waals surface area contributed by atoms with Crippen LogP contribution in [0.15, 0.2) is 18.3 Å². The van der Waals surface area contributed by atoms with E-state index in [2.05, 4.69) is 20.3 Å². The van der Waals surface area contributed by atoms with Crippen LogP contribution in [-0.2, 0) is 15.1 Å². The fourth-order valence-electron chi connectivity index (χ4n) is 4.86. The molecule has 2 aliphatic heterocycles. The van der Waals surface area contributed by atoms with Crippen molar-refractivity contribution in [3.63, 3.8) is 0 Å². The Morgan fingerprint density at radius 3 is 2.71 bits per heavy atom. The third-order valence-corrected chi connectivity index (χ3v) is 6.94. The fraction of sp³-hybridized carbons (Fsp3) is 0.542. The van der Waals surface area contributed by atoms with Gasteiger partial charge in [0.25, 0.3) is 0 Å². The number of aromatic nitrogens is 4. The second kappa shape index (κ2) is 8.63. The maximum absolute atomic E-state index is 15.3. The summed E-state index contributed by atoms with van der Waals surface area (Å²) in [4.78, 5) is 13.2. The number of benzene rings is 1. The Kier molecular flexibility index (Phi) is 6.00. The smallest absolute Gasteiger partial charge is 0.223 e. The van der Waals surface area contributed by atoms with E-state index in [0.717, 1.165) is 0 Å². The molecule has 3 N–H and O–H groups in total. The van der Waals surface area contributed by atoms with E-state index in [1.807, 2.05) is 25.3 Å². The van der Waals surface area contributed by atoms with E-state index in [-0.39, 0.29) is 34.6 Å². The lowest BCUT2D eigenvalue weighted by Gasteiger charge is -2.37. The zero-order valence-electron chi connectivity index (χ0n) is 20.2. The second-order valence-corrected chi connectivity index (χ2v) is 10.5. The molecule has 35 heavy (non-hydrogen) atoms. The van der Waals surface area contributed by atoms with Crippen LogP contribution in [-0.4, -0.2) is 60.9 Å². The van der Waals surface area contributed by atoms with Gasteiger partial charge < -0.3 is 29.6 Å². The molecule has 188 valence electrons. The van der Waals surface area contributed by atoms with Gasteiger partial charge in [-0.3, -0.25) is 0 Å². The lowest BCUT2D eigenvalue weighted by molar-refractivity contribution is -0.170. The molecule has 1 aromatic carbocycles. The average Bonchev–Trinajstić information content (AvgIpc) is 3.40. The third kappa shape index (κ3) is 4.17. The monoisotopic (exact) mass is 505 g/mol. The summed E-state index contributed by atoms with van der Waals surface area (Å²) in [6.45, 7) is 9.50. The highest BCUT2D eigenvalue weighted by atomic mass is 35.5. The summed E-state index contributed by atoms with van der Waals surface area (Å²) in [5.74, 6) is 0.0143. The molecule has 0 spiro atoms. The first-order valence-electron chi connectivity index (χ1n) is 11.6. The fourth-order valence-corrected chi connectivity index (χ4v) is 5.06. The number of imidazole rings is 1. The van der Waals surface area contributed by atoms with E-state index in [0.29, 0.717) is 29.2 Å². The van der Waals surface area contributed by atoms with Crippen LogP contribution in [0.2, 0.25) is 5.02 Å². The Hall–Kier alpha value is -2.37. The summed E-state index contributed by atoms with van der Waals surface area (Å²) in [5.41, 5.74) is 0.207.